The average Bonchev–Trinajstić information content (AvgIpc) is 3.20. The van der Waals surface area contributed by atoms with Crippen LogP contribution in [-0.4, -0.2) is 44.9 Å². The average molecular weight is 402 g/mol. The van der Waals surface area contributed by atoms with E-state index in [1.807, 2.05) is 37.3 Å². The molecule has 1 aliphatic rings. The van der Waals surface area contributed by atoms with Gasteiger partial charge in [0.1, 0.15) is 17.2 Å². The third-order valence-electron chi connectivity index (χ3n) is 5.00. The Morgan fingerprint density at radius 3 is 2.73 bits per heavy atom. The number of nitrogens with zero attached hydrogens (tertiary/aromatic N) is 2. The van der Waals surface area contributed by atoms with Crippen LogP contribution in [0.25, 0.3) is 22.3 Å². The molecular formula is C24H26N4O2. The van der Waals surface area contributed by atoms with Crippen LogP contribution in [0.15, 0.2) is 36.4 Å². The molecule has 3 aromatic rings. The highest BCUT2D eigenvalue weighted by atomic mass is 16.3. The van der Waals surface area contributed by atoms with E-state index in [2.05, 4.69) is 22.5 Å². The number of anilines is 1. The van der Waals surface area contributed by atoms with Gasteiger partial charge in [0.25, 0.3) is 0 Å². The van der Waals surface area contributed by atoms with Gasteiger partial charge in [0.05, 0.1) is 11.1 Å². The van der Waals surface area contributed by atoms with Gasteiger partial charge < -0.3 is 20.8 Å². The highest BCUT2D eigenvalue weighted by molar-refractivity contribution is 5.92. The van der Waals surface area contributed by atoms with Gasteiger partial charge in [-0.1, -0.05) is 23.5 Å². The molecule has 1 saturated heterocycles. The van der Waals surface area contributed by atoms with Gasteiger partial charge in [-0.15, -0.1) is 0 Å². The lowest BCUT2D eigenvalue weighted by Crippen LogP contribution is -2.23. The number of fused-ring (bicyclic) bond motifs is 1. The Kier molecular flexibility index (Phi) is 5.33. The van der Waals surface area contributed by atoms with E-state index < -0.39 is 5.60 Å². The van der Waals surface area contributed by atoms with Crippen LogP contribution in [0.4, 0.5) is 5.82 Å². The van der Waals surface area contributed by atoms with Gasteiger partial charge >= 0.3 is 0 Å². The quantitative estimate of drug-likeness (QED) is 0.503. The molecule has 0 aliphatic carbocycles. The first-order valence-electron chi connectivity index (χ1n) is 10.1. The zero-order chi connectivity index (χ0) is 21.3. The Morgan fingerprint density at radius 2 is 2.00 bits per heavy atom. The number of aromatic hydroxyl groups is 1. The lowest BCUT2D eigenvalue weighted by Gasteiger charge is -2.16. The van der Waals surface area contributed by atoms with Crippen molar-refractivity contribution in [3.8, 4) is 29.0 Å². The number of benzene rings is 2. The summed E-state index contributed by atoms with van der Waals surface area (Å²) < 4.78 is 0. The van der Waals surface area contributed by atoms with Gasteiger partial charge in [0, 0.05) is 23.5 Å². The second kappa shape index (κ2) is 7.94. The molecule has 1 aliphatic heterocycles. The largest absolute Gasteiger partial charge is 0.507 e. The van der Waals surface area contributed by atoms with Crippen molar-refractivity contribution in [2.45, 2.75) is 38.8 Å². The van der Waals surface area contributed by atoms with Crippen LogP contribution in [0.5, 0.6) is 5.75 Å². The fraction of sp³-hybridized carbons (Fsp3) is 0.333. The molecule has 1 aromatic heterocycles. The van der Waals surface area contributed by atoms with Crippen LogP contribution < -0.4 is 10.6 Å². The van der Waals surface area contributed by atoms with E-state index in [4.69, 9.17) is 9.97 Å². The fourth-order valence-electron chi connectivity index (χ4n) is 3.46. The van der Waals surface area contributed by atoms with E-state index in [1.54, 1.807) is 19.9 Å². The number of phenolic OH excluding ortho intramolecular Hbond substituents is 1. The topological polar surface area (TPSA) is 90.3 Å². The highest BCUT2D eigenvalue weighted by Gasteiger charge is 2.18. The third kappa shape index (κ3) is 4.54. The molecule has 6 heteroatoms. The van der Waals surface area contributed by atoms with Crippen LogP contribution in [-0.2, 0) is 0 Å². The Balaban J connectivity index is 1.85. The van der Waals surface area contributed by atoms with Gasteiger partial charge in [-0.25, -0.2) is 9.97 Å². The minimum atomic E-state index is -1.06. The number of nitrogens with one attached hydrogen (secondary N) is 2. The van der Waals surface area contributed by atoms with E-state index in [1.165, 1.54) is 0 Å². The number of hydrogen-bond donors (Lipinski definition) is 4. The lowest BCUT2D eigenvalue weighted by atomic mass is 10.1. The zero-order valence-electron chi connectivity index (χ0n) is 17.5. The minimum Gasteiger partial charge on any atom is -0.507 e. The summed E-state index contributed by atoms with van der Waals surface area (Å²) in [7, 11) is 0. The van der Waals surface area contributed by atoms with Gasteiger partial charge in [-0.2, -0.15) is 0 Å². The van der Waals surface area contributed by atoms with Crippen molar-refractivity contribution in [1.29, 1.82) is 0 Å². The maximum absolute atomic E-state index is 10.4. The molecule has 1 atom stereocenters. The summed E-state index contributed by atoms with van der Waals surface area (Å²) in [4.78, 5) is 9.49. The second-order valence-corrected chi connectivity index (χ2v) is 8.29. The van der Waals surface area contributed by atoms with Crippen LogP contribution in [0.2, 0.25) is 0 Å². The molecule has 30 heavy (non-hydrogen) atoms. The molecule has 6 nitrogen and oxygen atoms in total. The van der Waals surface area contributed by atoms with E-state index in [-0.39, 0.29) is 11.8 Å². The van der Waals surface area contributed by atoms with Crippen LogP contribution in [0, 0.1) is 18.8 Å². The number of phenols is 1. The van der Waals surface area contributed by atoms with Crippen molar-refractivity contribution in [2.75, 3.05) is 18.4 Å². The van der Waals surface area contributed by atoms with Gasteiger partial charge in [0.2, 0.25) is 0 Å². The monoisotopic (exact) mass is 402 g/mol. The Hall–Kier alpha value is -3.14. The molecule has 154 valence electrons. The van der Waals surface area contributed by atoms with Gasteiger partial charge in [-0.05, 0) is 64.1 Å². The van der Waals surface area contributed by atoms with Gasteiger partial charge in [-0.3, -0.25) is 0 Å². The Bertz CT molecular complexity index is 1150. The summed E-state index contributed by atoms with van der Waals surface area (Å²) in [6.07, 6.45) is 1.01. The number of aliphatic hydroxyl groups is 1. The summed E-state index contributed by atoms with van der Waals surface area (Å²) in [5, 5.41) is 28.0. The van der Waals surface area contributed by atoms with Crippen molar-refractivity contribution in [1.82, 2.24) is 15.3 Å². The van der Waals surface area contributed by atoms with Crippen LogP contribution in [0.1, 0.15) is 31.4 Å². The number of aromatic nitrogens is 2. The van der Waals surface area contributed by atoms with Crippen molar-refractivity contribution >= 4 is 16.7 Å². The van der Waals surface area contributed by atoms with E-state index in [0.29, 0.717) is 11.4 Å². The SMILES string of the molecule is Cc1ccc(O)c(-c2nc(N[C@H]3CCNC3)c3cc(C#CC(C)(C)O)ccc3n2)c1. The molecule has 0 spiro atoms. The summed E-state index contributed by atoms with van der Waals surface area (Å²) in [6.45, 7) is 7.12. The molecule has 0 radical (unpaired) electrons. The number of hydrogen-bond acceptors (Lipinski definition) is 6. The molecule has 0 bridgehead atoms. The summed E-state index contributed by atoms with van der Waals surface area (Å²) in [5.41, 5.74) is 2.12. The second-order valence-electron chi connectivity index (χ2n) is 8.29. The first-order chi connectivity index (χ1) is 14.3. The standard InChI is InChI=1S/C24H26N4O2/c1-15-4-7-21(29)19(12-15)23-27-20-6-5-16(8-10-24(2,3)30)13-18(20)22(28-23)26-17-9-11-25-14-17/h4-7,12-13,17,25,29-30H,9,11,14H2,1-3H3,(H,26,27,28)/t17-/m0/s1. The first-order valence-corrected chi connectivity index (χ1v) is 10.1. The van der Waals surface area contributed by atoms with Crippen molar-refractivity contribution < 1.29 is 10.2 Å². The van der Waals surface area contributed by atoms with Crippen molar-refractivity contribution in [3.63, 3.8) is 0 Å². The number of rotatable bonds is 3. The maximum Gasteiger partial charge on any atom is 0.165 e. The minimum absolute atomic E-state index is 0.154. The first kappa shape index (κ1) is 20.1. The third-order valence-corrected chi connectivity index (χ3v) is 5.00. The fourth-order valence-corrected chi connectivity index (χ4v) is 3.46. The predicted molar refractivity (Wildman–Crippen MR) is 119 cm³/mol. The van der Waals surface area contributed by atoms with Crippen molar-refractivity contribution in [2.24, 2.45) is 0 Å². The highest BCUT2D eigenvalue weighted by Crippen LogP contribution is 2.31. The van der Waals surface area contributed by atoms with E-state index in [9.17, 15) is 10.2 Å². The summed E-state index contributed by atoms with van der Waals surface area (Å²) in [6, 6.07) is 11.4. The Labute approximate surface area is 176 Å². The molecule has 0 unspecified atom stereocenters. The van der Waals surface area contributed by atoms with Crippen molar-refractivity contribution in [3.05, 3.63) is 47.5 Å². The molecule has 0 saturated carbocycles. The lowest BCUT2D eigenvalue weighted by molar-refractivity contribution is 0.143. The molecular weight excluding hydrogens is 376 g/mol. The molecule has 2 heterocycles. The number of aryl methyl sites for hydroxylation is 1. The predicted octanol–water partition coefficient (Wildman–Crippen LogP) is 3.21. The molecule has 4 rings (SSSR count). The normalized spacial score (nSPS) is 16.3. The van der Waals surface area contributed by atoms with E-state index >= 15 is 0 Å². The molecule has 0 amide bonds. The van der Waals surface area contributed by atoms with Crippen LogP contribution in [0.3, 0.4) is 0 Å². The zero-order valence-corrected chi connectivity index (χ0v) is 17.5. The Morgan fingerprint density at radius 1 is 1.17 bits per heavy atom. The molecule has 2 aromatic carbocycles. The van der Waals surface area contributed by atoms with Crippen LogP contribution >= 0.6 is 0 Å². The summed E-state index contributed by atoms with van der Waals surface area (Å²) in [5.74, 6) is 7.22. The molecule has 1 fully saturated rings. The summed E-state index contributed by atoms with van der Waals surface area (Å²) >= 11 is 0. The van der Waals surface area contributed by atoms with Gasteiger partial charge in [0.15, 0.2) is 5.82 Å². The van der Waals surface area contributed by atoms with E-state index in [0.717, 1.165) is 47.4 Å². The molecule has 4 N–H and O–H groups in total. The smallest absolute Gasteiger partial charge is 0.165 e. The maximum atomic E-state index is 10.4.